The maximum atomic E-state index is 5.02. The fraction of sp³-hybridized carbons (Fsp3) is 0.500. The second kappa shape index (κ2) is 5.21. The first-order valence-electron chi connectivity index (χ1n) is 8.25. The van der Waals surface area contributed by atoms with Gasteiger partial charge in [-0.1, -0.05) is 31.4 Å². The molecule has 3 nitrogen and oxygen atoms in total. The lowest BCUT2D eigenvalue weighted by Gasteiger charge is -2.20. The highest BCUT2D eigenvalue weighted by Gasteiger charge is 2.28. The summed E-state index contributed by atoms with van der Waals surface area (Å²) in [6, 6.07) is 8.64. The second-order valence-corrected chi connectivity index (χ2v) is 6.47. The molecule has 1 N–H and O–H groups in total. The highest BCUT2D eigenvalue weighted by Crippen LogP contribution is 2.38. The van der Waals surface area contributed by atoms with E-state index in [9.17, 15) is 0 Å². The van der Waals surface area contributed by atoms with E-state index in [1.54, 1.807) is 0 Å². The zero-order chi connectivity index (χ0) is 14.2. The van der Waals surface area contributed by atoms with Crippen molar-refractivity contribution in [1.29, 1.82) is 0 Å². The number of hydrogen-bond acceptors (Lipinski definition) is 2. The molecule has 1 saturated carbocycles. The van der Waals surface area contributed by atoms with Crippen LogP contribution < -0.4 is 5.32 Å². The molecule has 0 saturated heterocycles. The van der Waals surface area contributed by atoms with Crippen molar-refractivity contribution < 1.29 is 0 Å². The molecule has 1 aliphatic carbocycles. The van der Waals surface area contributed by atoms with Crippen LogP contribution in [0.3, 0.4) is 0 Å². The predicted molar refractivity (Wildman–Crippen MR) is 86.3 cm³/mol. The van der Waals surface area contributed by atoms with Crippen LogP contribution in [-0.2, 0) is 6.42 Å². The average molecular weight is 281 g/mol. The number of anilines is 1. The molecule has 110 valence electrons. The Kier molecular flexibility index (Phi) is 3.21. The van der Waals surface area contributed by atoms with Crippen molar-refractivity contribution in [1.82, 2.24) is 9.78 Å². The van der Waals surface area contributed by atoms with E-state index in [1.165, 1.54) is 60.4 Å². The Hall–Kier alpha value is -1.77. The summed E-state index contributed by atoms with van der Waals surface area (Å²) in [4.78, 5) is 0. The van der Waals surface area contributed by atoms with Crippen LogP contribution in [0.15, 0.2) is 24.3 Å². The number of aryl methyl sites for hydroxylation is 1. The minimum atomic E-state index is 0.679. The number of rotatable bonds is 2. The standard InChI is InChI=1S/C18H23N3/c1-13-6-5-9-15(12-13)21-18-16(10-11-19-18)17(20-21)14-7-3-2-4-8-14/h5-6,9,12,14,19H,2-4,7-8,10-11H2,1H3. The molecular formula is C18H23N3. The molecule has 2 aromatic rings. The smallest absolute Gasteiger partial charge is 0.133 e. The van der Waals surface area contributed by atoms with Crippen LogP contribution in [0.2, 0.25) is 0 Å². The van der Waals surface area contributed by atoms with E-state index in [-0.39, 0.29) is 0 Å². The number of benzene rings is 1. The third-order valence-corrected chi connectivity index (χ3v) is 4.92. The van der Waals surface area contributed by atoms with Gasteiger partial charge in [-0.25, -0.2) is 4.68 Å². The molecule has 1 aromatic heterocycles. The molecule has 3 heteroatoms. The van der Waals surface area contributed by atoms with Gasteiger partial charge in [-0.15, -0.1) is 0 Å². The number of fused-ring (bicyclic) bond motifs is 1. The molecule has 2 aliphatic rings. The molecule has 0 radical (unpaired) electrons. The van der Waals surface area contributed by atoms with Gasteiger partial charge in [-0.2, -0.15) is 5.10 Å². The molecular weight excluding hydrogens is 258 g/mol. The fourth-order valence-electron chi connectivity index (χ4n) is 3.85. The summed E-state index contributed by atoms with van der Waals surface area (Å²) in [6.45, 7) is 3.20. The van der Waals surface area contributed by atoms with Crippen molar-refractivity contribution in [3.63, 3.8) is 0 Å². The van der Waals surface area contributed by atoms with Crippen LogP contribution in [0.4, 0.5) is 5.82 Å². The molecule has 4 rings (SSSR count). The quantitative estimate of drug-likeness (QED) is 0.894. The summed E-state index contributed by atoms with van der Waals surface area (Å²) in [6.07, 6.45) is 7.89. The minimum Gasteiger partial charge on any atom is -0.369 e. The van der Waals surface area contributed by atoms with Gasteiger partial charge in [0, 0.05) is 18.0 Å². The lowest BCUT2D eigenvalue weighted by molar-refractivity contribution is 0.433. The van der Waals surface area contributed by atoms with Gasteiger partial charge in [0.15, 0.2) is 0 Å². The van der Waals surface area contributed by atoms with E-state index < -0.39 is 0 Å². The molecule has 0 bridgehead atoms. The number of nitrogens with zero attached hydrogens (tertiary/aromatic N) is 2. The van der Waals surface area contributed by atoms with Crippen molar-refractivity contribution >= 4 is 5.82 Å². The molecule has 0 unspecified atom stereocenters. The minimum absolute atomic E-state index is 0.679. The molecule has 2 heterocycles. The van der Waals surface area contributed by atoms with Gasteiger partial charge in [0.2, 0.25) is 0 Å². The van der Waals surface area contributed by atoms with Crippen molar-refractivity contribution in [2.45, 2.75) is 51.4 Å². The van der Waals surface area contributed by atoms with Gasteiger partial charge in [0.1, 0.15) is 5.82 Å². The lowest BCUT2D eigenvalue weighted by atomic mass is 9.85. The first-order valence-corrected chi connectivity index (χ1v) is 8.25. The third-order valence-electron chi connectivity index (χ3n) is 4.92. The highest BCUT2D eigenvalue weighted by molar-refractivity contribution is 5.58. The zero-order valence-electron chi connectivity index (χ0n) is 12.7. The van der Waals surface area contributed by atoms with Gasteiger partial charge in [-0.05, 0) is 43.9 Å². The highest BCUT2D eigenvalue weighted by atomic mass is 15.3. The Balaban J connectivity index is 1.78. The maximum absolute atomic E-state index is 5.02. The van der Waals surface area contributed by atoms with E-state index in [0.717, 1.165) is 13.0 Å². The molecule has 1 aromatic carbocycles. The molecule has 0 spiro atoms. The summed E-state index contributed by atoms with van der Waals surface area (Å²) in [5, 5.41) is 8.57. The molecule has 21 heavy (non-hydrogen) atoms. The topological polar surface area (TPSA) is 29.9 Å². The van der Waals surface area contributed by atoms with Gasteiger partial charge in [0.05, 0.1) is 11.4 Å². The predicted octanol–water partition coefficient (Wildman–Crippen LogP) is 4.20. The van der Waals surface area contributed by atoms with Gasteiger partial charge in [-0.3, -0.25) is 0 Å². The SMILES string of the molecule is Cc1cccc(-n2nc(C3CCCCC3)c3c2NCC3)c1. The fourth-order valence-corrected chi connectivity index (χ4v) is 3.85. The molecule has 1 aliphatic heterocycles. The van der Waals surface area contributed by atoms with Gasteiger partial charge >= 0.3 is 0 Å². The van der Waals surface area contributed by atoms with E-state index in [4.69, 9.17) is 5.10 Å². The average Bonchev–Trinajstić information content (AvgIpc) is 3.10. The van der Waals surface area contributed by atoms with Crippen LogP contribution >= 0.6 is 0 Å². The van der Waals surface area contributed by atoms with Crippen molar-refractivity contribution in [2.24, 2.45) is 0 Å². The Morgan fingerprint density at radius 3 is 2.86 bits per heavy atom. The van der Waals surface area contributed by atoms with Crippen molar-refractivity contribution in [3.05, 3.63) is 41.1 Å². The summed E-state index contributed by atoms with van der Waals surface area (Å²) in [7, 11) is 0. The van der Waals surface area contributed by atoms with Crippen LogP contribution in [0.1, 0.15) is 54.8 Å². The van der Waals surface area contributed by atoms with E-state index in [2.05, 4.69) is 41.2 Å². The number of aromatic nitrogens is 2. The van der Waals surface area contributed by atoms with Gasteiger partial charge < -0.3 is 5.32 Å². The normalized spacial score (nSPS) is 18.5. The first-order chi connectivity index (χ1) is 10.3. The number of nitrogens with one attached hydrogen (secondary N) is 1. The Labute approximate surface area is 126 Å². The largest absolute Gasteiger partial charge is 0.369 e. The molecule has 0 atom stereocenters. The third kappa shape index (κ3) is 2.25. The first kappa shape index (κ1) is 12.9. The molecule has 0 amide bonds. The van der Waals surface area contributed by atoms with Crippen molar-refractivity contribution in [2.75, 3.05) is 11.9 Å². The second-order valence-electron chi connectivity index (χ2n) is 6.47. The van der Waals surface area contributed by atoms with Gasteiger partial charge in [0.25, 0.3) is 0 Å². The Morgan fingerprint density at radius 2 is 2.05 bits per heavy atom. The van der Waals surface area contributed by atoms with E-state index in [1.807, 2.05) is 0 Å². The van der Waals surface area contributed by atoms with E-state index >= 15 is 0 Å². The lowest BCUT2D eigenvalue weighted by Crippen LogP contribution is -2.09. The monoisotopic (exact) mass is 281 g/mol. The molecule has 1 fully saturated rings. The Bertz CT molecular complexity index is 650. The summed E-state index contributed by atoms with van der Waals surface area (Å²) >= 11 is 0. The van der Waals surface area contributed by atoms with Crippen LogP contribution in [0, 0.1) is 6.92 Å². The summed E-state index contributed by atoms with van der Waals surface area (Å²) < 4.78 is 2.14. The van der Waals surface area contributed by atoms with Crippen LogP contribution in [0.5, 0.6) is 0 Å². The Morgan fingerprint density at radius 1 is 1.19 bits per heavy atom. The van der Waals surface area contributed by atoms with Crippen LogP contribution in [0.25, 0.3) is 5.69 Å². The maximum Gasteiger partial charge on any atom is 0.133 e. The van der Waals surface area contributed by atoms with E-state index in [0.29, 0.717) is 5.92 Å². The van der Waals surface area contributed by atoms with Crippen LogP contribution in [-0.4, -0.2) is 16.3 Å². The summed E-state index contributed by atoms with van der Waals surface area (Å²) in [5.74, 6) is 1.92. The number of hydrogen-bond donors (Lipinski definition) is 1. The van der Waals surface area contributed by atoms with Crippen molar-refractivity contribution in [3.8, 4) is 5.69 Å². The zero-order valence-corrected chi connectivity index (χ0v) is 12.7. The summed E-state index contributed by atoms with van der Waals surface area (Å²) in [5.41, 5.74) is 5.32.